The molecule has 1 unspecified atom stereocenters. The first-order chi connectivity index (χ1) is 9.20. The van der Waals surface area contributed by atoms with Crippen molar-refractivity contribution in [1.29, 1.82) is 0 Å². The number of imidazole rings is 1. The van der Waals surface area contributed by atoms with Crippen LogP contribution in [0, 0.1) is 0 Å². The van der Waals surface area contributed by atoms with E-state index >= 15 is 0 Å². The molecule has 2 aromatic heterocycles. The van der Waals surface area contributed by atoms with Crippen LogP contribution in [0.1, 0.15) is 31.5 Å². The van der Waals surface area contributed by atoms with Gasteiger partial charge in [-0.2, -0.15) is 0 Å². The molecule has 0 amide bonds. The van der Waals surface area contributed by atoms with Gasteiger partial charge in [-0.05, 0) is 19.8 Å². The van der Waals surface area contributed by atoms with E-state index in [0.29, 0.717) is 11.7 Å². The Kier molecular flexibility index (Phi) is 3.06. The number of nitrogens with zero attached hydrogens (tertiary/aromatic N) is 4. The Morgan fingerprint density at radius 1 is 1.47 bits per heavy atom. The minimum Gasteiger partial charge on any atom is -0.384 e. The lowest BCUT2D eigenvalue weighted by Gasteiger charge is -2.15. The Hall–Kier alpha value is -2.11. The topological polar surface area (TPSA) is 81.7 Å². The molecule has 1 aliphatic carbocycles. The number of hydrogen-bond acceptors (Lipinski definition) is 5. The van der Waals surface area contributed by atoms with E-state index < -0.39 is 0 Å². The molecule has 2 aromatic rings. The van der Waals surface area contributed by atoms with Gasteiger partial charge in [0.1, 0.15) is 17.5 Å². The first kappa shape index (κ1) is 12.0. The largest absolute Gasteiger partial charge is 0.384 e. The lowest BCUT2D eigenvalue weighted by atomic mass is 10.3. The molecule has 6 nitrogen and oxygen atoms in total. The van der Waals surface area contributed by atoms with Crippen LogP contribution in [-0.2, 0) is 6.54 Å². The quantitative estimate of drug-likeness (QED) is 0.852. The van der Waals surface area contributed by atoms with Gasteiger partial charge < -0.3 is 15.6 Å². The van der Waals surface area contributed by atoms with Crippen LogP contribution in [0.2, 0.25) is 0 Å². The molecule has 3 N–H and O–H groups in total. The van der Waals surface area contributed by atoms with Crippen LogP contribution >= 0.6 is 0 Å². The maximum absolute atomic E-state index is 5.83. The summed E-state index contributed by atoms with van der Waals surface area (Å²) in [5.74, 6) is 2.72. The molecule has 0 radical (unpaired) electrons. The average molecular weight is 258 g/mol. The van der Waals surface area contributed by atoms with Crippen molar-refractivity contribution in [1.82, 2.24) is 19.5 Å². The van der Waals surface area contributed by atoms with Crippen molar-refractivity contribution < 1.29 is 0 Å². The standard InChI is InChI=1S/C13H18N6/c1-9(7-19-5-4-15-8-19)16-12-6-11(14)17-13(18-12)10-2-3-10/h4-6,8-10H,2-3,7H2,1H3,(H3,14,16,17,18). The maximum Gasteiger partial charge on any atom is 0.136 e. The molecule has 0 spiro atoms. The molecule has 0 bridgehead atoms. The molecule has 0 aromatic carbocycles. The van der Waals surface area contributed by atoms with Crippen molar-refractivity contribution >= 4 is 11.6 Å². The Balaban J connectivity index is 1.68. The molecule has 1 fully saturated rings. The van der Waals surface area contributed by atoms with Crippen molar-refractivity contribution in [2.24, 2.45) is 0 Å². The zero-order valence-corrected chi connectivity index (χ0v) is 11.0. The summed E-state index contributed by atoms with van der Waals surface area (Å²) >= 11 is 0. The molecule has 0 aliphatic heterocycles. The number of aromatic nitrogens is 4. The zero-order chi connectivity index (χ0) is 13.2. The summed E-state index contributed by atoms with van der Waals surface area (Å²) < 4.78 is 2.03. The second-order valence-corrected chi connectivity index (χ2v) is 5.12. The molecular formula is C13H18N6. The highest BCUT2D eigenvalue weighted by molar-refractivity contribution is 5.45. The lowest BCUT2D eigenvalue weighted by molar-refractivity contribution is 0.616. The Morgan fingerprint density at radius 2 is 2.32 bits per heavy atom. The summed E-state index contributed by atoms with van der Waals surface area (Å²) in [5, 5.41) is 3.36. The summed E-state index contributed by atoms with van der Waals surface area (Å²) in [7, 11) is 0. The Morgan fingerprint density at radius 3 is 3.00 bits per heavy atom. The average Bonchev–Trinajstić information content (AvgIpc) is 3.08. The van der Waals surface area contributed by atoms with Crippen LogP contribution in [0.5, 0.6) is 0 Å². The summed E-state index contributed by atoms with van der Waals surface area (Å²) in [5.41, 5.74) is 5.83. The normalized spacial score (nSPS) is 16.3. The van der Waals surface area contributed by atoms with Crippen LogP contribution in [-0.4, -0.2) is 25.6 Å². The van der Waals surface area contributed by atoms with Crippen molar-refractivity contribution in [3.8, 4) is 0 Å². The molecule has 2 heterocycles. The van der Waals surface area contributed by atoms with E-state index in [1.165, 1.54) is 12.8 Å². The minimum absolute atomic E-state index is 0.246. The second kappa shape index (κ2) is 4.87. The van der Waals surface area contributed by atoms with Crippen LogP contribution in [0.15, 0.2) is 24.8 Å². The molecule has 1 atom stereocenters. The highest BCUT2D eigenvalue weighted by Crippen LogP contribution is 2.38. The molecule has 19 heavy (non-hydrogen) atoms. The molecule has 1 aliphatic rings. The van der Waals surface area contributed by atoms with E-state index in [1.807, 2.05) is 17.1 Å². The number of nitrogens with two attached hydrogens (primary N) is 1. The smallest absolute Gasteiger partial charge is 0.136 e. The van der Waals surface area contributed by atoms with Crippen molar-refractivity contribution in [3.63, 3.8) is 0 Å². The monoisotopic (exact) mass is 258 g/mol. The third-order valence-corrected chi connectivity index (χ3v) is 3.14. The van der Waals surface area contributed by atoms with E-state index in [-0.39, 0.29) is 6.04 Å². The number of rotatable bonds is 5. The predicted molar refractivity (Wildman–Crippen MR) is 73.7 cm³/mol. The van der Waals surface area contributed by atoms with Gasteiger partial charge in [0.25, 0.3) is 0 Å². The fourth-order valence-corrected chi connectivity index (χ4v) is 2.09. The van der Waals surface area contributed by atoms with E-state index in [4.69, 9.17) is 5.73 Å². The van der Waals surface area contributed by atoms with Crippen molar-refractivity contribution in [2.45, 2.75) is 38.3 Å². The third-order valence-electron chi connectivity index (χ3n) is 3.14. The van der Waals surface area contributed by atoms with Crippen LogP contribution < -0.4 is 11.1 Å². The SMILES string of the molecule is CC(Cn1ccnc1)Nc1cc(N)nc(C2CC2)n1. The predicted octanol–water partition coefficient (Wildman–Crippen LogP) is 1.63. The van der Waals surface area contributed by atoms with Crippen molar-refractivity contribution in [2.75, 3.05) is 11.1 Å². The second-order valence-electron chi connectivity index (χ2n) is 5.12. The molecule has 1 saturated carbocycles. The van der Waals surface area contributed by atoms with E-state index in [0.717, 1.165) is 18.2 Å². The lowest BCUT2D eigenvalue weighted by Crippen LogP contribution is -2.22. The Bertz CT molecular complexity index is 546. The van der Waals surface area contributed by atoms with E-state index in [9.17, 15) is 0 Å². The highest BCUT2D eigenvalue weighted by Gasteiger charge is 2.27. The number of hydrogen-bond donors (Lipinski definition) is 2. The number of nitrogen functional groups attached to an aromatic ring is 1. The minimum atomic E-state index is 0.246. The number of nitrogens with one attached hydrogen (secondary N) is 1. The van der Waals surface area contributed by atoms with Gasteiger partial charge in [-0.1, -0.05) is 0 Å². The zero-order valence-electron chi connectivity index (χ0n) is 11.0. The fraction of sp³-hybridized carbons (Fsp3) is 0.462. The molecule has 100 valence electrons. The first-order valence-electron chi connectivity index (χ1n) is 6.57. The van der Waals surface area contributed by atoms with Gasteiger partial charge in [0, 0.05) is 37.0 Å². The van der Waals surface area contributed by atoms with Crippen LogP contribution in [0.25, 0.3) is 0 Å². The van der Waals surface area contributed by atoms with Gasteiger partial charge in [-0.15, -0.1) is 0 Å². The van der Waals surface area contributed by atoms with Gasteiger partial charge in [-0.3, -0.25) is 0 Å². The van der Waals surface area contributed by atoms with Gasteiger partial charge in [0.05, 0.1) is 6.33 Å². The molecule has 6 heteroatoms. The summed E-state index contributed by atoms with van der Waals surface area (Å²) in [6, 6.07) is 2.03. The third kappa shape index (κ3) is 3.01. The van der Waals surface area contributed by atoms with Crippen LogP contribution in [0.4, 0.5) is 11.6 Å². The molecular weight excluding hydrogens is 240 g/mol. The van der Waals surface area contributed by atoms with Gasteiger partial charge in [0.15, 0.2) is 0 Å². The fourth-order valence-electron chi connectivity index (χ4n) is 2.09. The number of anilines is 2. The first-order valence-corrected chi connectivity index (χ1v) is 6.57. The van der Waals surface area contributed by atoms with E-state index in [1.54, 1.807) is 12.3 Å². The highest BCUT2D eigenvalue weighted by atomic mass is 15.1. The summed E-state index contributed by atoms with van der Waals surface area (Å²) in [6.07, 6.45) is 7.88. The summed E-state index contributed by atoms with van der Waals surface area (Å²) in [6.45, 7) is 2.94. The van der Waals surface area contributed by atoms with E-state index in [2.05, 4.69) is 27.2 Å². The van der Waals surface area contributed by atoms with Crippen molar-refractivity contribution in [3.05, 3.63) is 30.6 Å². The molecule has 0 saturated heterocycles. The summed E-state index contributed by atoms with van der Waals surface area (Å²) in [4.78, 5) is 12.9. The van der Waals surface area contributed by atoms with Gasteiger partial charge in [0.2, 0.25) is 0 Å². The van der Waals surface area contributed by atoms with Gasteiger partial charge in [-0.25, -0.2) is 15.0 Å². The Labute approximate surface area is 112 Å². The maximum atomic E-state index is 5.83. The molecule has 3 rings (SSSR count). The van der Waals surface area contributed by atoms with Crippen LogP contribution in [0.3, 0.4) is 0 Å². The van der Waals surface area contributed by atoms with Gasteiger partial charge >= 0.3 is 0 Å².